The van der Waals surface area contributed by atoms with Crippen LogP contribution in [-0.4, -0.2) is 50.0 Å². The standard InChI is InChI=1S/C22H24N6O2S/c29-21(24-12-20-25-19(13-31-20)14-1-2-14)16-5-9-28(10-6-16)22(30)18-11-17(26-27-18)15-3-7-23-8-4-15/h3-4,7-8,11,13-14,16H,1-2,5-6,9-10,12H2,(H,24,29)(H,26,27). The van der Waals surface area contributed by atoms with Crippen LogP contribution in [0.4, 0.5) is 0 Å². The summed E-state index contributed by atoms with van der Waals surface area (Å²) in [7, 11) is 0. The van der Waals surface area contributed by atoms with Crippen LogP contribution in [0.2, 0.25) is 0 Å². The van der Waals surface area contributed by atoms with Crippen LogP contribution < -0.4 is 5.32 Å². The molecule has 1 aliphatic carbocycles. The highest BCUT2D eigenvalue weighted by Gasteiger charge is 2.29. The van der Waals surface area contributed by atoms with Crippen LogP contribution >= 0.6 is 11.3 Å². The van der Waals surface area contributed by atoms with Crippen molar-refractivity contribution in [2.45, 2.75) is 38.1 Å². The molecule has 2 N–H and O–H groups in total. The molecular formula is C22H24N6O2S. The average molecular weight is 437 g/mol. The average Bonchev–Trinajstić information content (AvgIpc) is 3.35. The molecule has 1 saturated carbocycles. The lowest BCUT2D eigenvalue weighted by Gasteiger charge is -2.30. The highest BCUT2D eigenvalue weighted by Crippen LogP contribution is 2.40. The van der Waals surface area contributed by atoms with Gasteiger partial charge in [0.05, 0.1) is 17.9 Å². The molecule has 2 fully saturated rings. The number of pyridine rings is 1. The molecule has 0 atom stereocenters. The van der Waals surface area contributed by atoms with Crippen LogP contribution in [0.3, 0.4) is 0 Å². The molecule has 3 aromatic heterocycles. The number of thiazole rings is 1. The summed E-state index contributed by atoms with van der Waals surface area (Å²) in [5.74, 6) is 0.511. The molecule has 5 rings (SSSR count). The van der Waals surface area contributed by atoms with Gasteiger partial charge in [0.2, 0.25) is 5.91 Å². The minimum atomic E-state index is -0.106. The second-order valence-corrected chi connectivity index (χ2v) is 9.07. The normalized spacial score (nSPS) is 17.0. The number of hydrogen-bond acceptors (Lipinski definition) is 6. The molecular weight excluding hydrogens is 412 g/mol. The number of likely N-dealkylation sites (tertiary alicyclic amines) is 1. The Labute approximate surface area is 184 Å². The Balaban J connectivity index is 1.11. The van der Waals surface area contributed by atoms with E-state index in [0.717, 1.165) is 16.3 Å². The maximum absolute atomic E-state index is 12.8. The SMILES string of the molecule is O=C(NCc1nc(C2CC2)cs1)C1CCN(C(=O)c2cc(-c3ccncc3)[nH]n2)CC1. The summed E-state index contributed by atoms with van der Waals surface area (Å²) in [6.45, 7) is 1.59. The van der Waals surface area contributed by atoms with Gasteiger partial charge in [0.15, 0.2) is 5.69 Å². The van der Waals surface area contributed by atoms with Crippen molar-refractivity contribution in [3.05, 3.63) is 52.4 Å². The minimum Gasteiger partial charge on any atom is -0.349 e. The molecule has 3 aromatic rings. The first kappa shape index (κ1) is 19.9. The molecule has 4 heterocycles. The predicted molar refractivity (Wildman–Crippen MR) is 116 cm³/mol. The van der Waals surface area contributed by atoms with Gasteiger partial charge in [-0.1, -0.05) is 0 Å². The van der Waals surface area contributed by atoms with Gasteiger partial charge in [0.25, 0.3) is 5.91 Å². The van der Waals surface area contributed by atoms with E-state index >= 15 is 0 Å². The lowest BCUT2D eigenvalue weighted by Crippen LogP contribution is -2.43. The quantitative estimate of drug-likeness (QED) is 0.618. The number of carbonyl (C=O) groups is 2. The minimum absolute atomic E-state index is 0.0509. The second kappa shape index (κ2) is 8.58. The maximum atomic E-state index is 12.8. The predicted octanol–water partition coefficient (Wildman–Crippen LogP) is 2.97. The molecule has 0 unspecified atom stereocenters. The van der Waals surface area contributed by atoms with Gasteiger partial charge in [-0.3, -0.25) is 19.7 Å². The van der Waals surface area contributed by atoms with Gasteiger partial charge in [-0.05, 0) is 43.9 Å². The topological polar surface area (TPSA) is 104 Å². The van der Waals surface area contributed by atoms with Crippen LogP contribution in [0, 0.1) is 5.92 Å². The van der Waals surface area contributed by atoms with Crippen LogP contribution in [-0.2, 0) is 11.3 Å². The van der Waals surface area contributed by atoms with Crippen LogP contribution in [0.1, 0.15) is 52.8 Å². The van der Waals surface area contributed by atoms with Crippen molar-refractivity contribution in [3.8, 4) is 11.3 Å². The monoisotopic (exact) mass is 436 g/mol. The molecule has 8 nitrogen and oxygen atoms in total. The summed E-state index contributed by atoms with van der Waals surface area (Å²) in [5.41, 5.74) is 3.28. The van der Waals surface area contributed by atoms with Gasteiger partial charge in [-0.15, -0.1) is 11.3 Å². The summed E-state index contributed by atoms with van der Waals surface area (Å²) >= 11 is 1.62. The van der Waals surface area contributed by atoms with Crippen molar-refractivity contribution in [1.82, 2.24) is 30.4 Å². The fraction of sp³-hybridized carbons (Fsp3) is 0.409. The summed E-state index contributed by atoms with van der Waals surface area (Å²) in [4.78, 5) is 35.8. The number of piperidine rings is 1. The van der Waals surface area contributed by atoms with Crippen molar-refractivity contribution in [2.75, 3.05) is 13.1 Å². The number of rotatable bonds is 6. The number of nitrogens with one attached hydrogen (secondary N) is 2. The summed E-state index contributed by atoms with van der Waals surface area (Å²) in [6.07, 6.45) is 7.18. The van der Waals surface area contributed by atoms with E-state index < -0.39 is 0 Å². The Bertz CT molecular complexity index is 1070. The van der Waals surface area contributed by atoms with Crippen molar-refractivity contribution in [3.63, 3.8) is 0 Å². The third kappa shape index (κ3) is 4.51. The molecule has 9 heteroatoms. The van der Waals surface area contributed by atoms with Gasteiger partial charge < -0.3 is 10.2 Å². The molecule has 0 spiro atoms. The molecule has 160 valence electrons. The Morgan fingerprint density at radius 1 is 1.16 bits per heavy atom. The van der Waals surface area contributed by atoms with E-state index in [1.54, 1.807) is 34.7 Å². The maximum Gasteiger partial charge on any atom is 0.274 e. The van der Waals surface area contributed by atoms with Gasteiger partial charge in [0, 0.05) is 48.3 Å². The molecule has 31 heavy (non-hydrogen) atoms. The Morgan fingerprint density at radius 3 is 2.68 bits per heavy atom. The van der Waals surface area contributed by atoms with Gasteiger partial charge in [-0.2, -0.15) is 5.10 Å². The largest absolute Gasteiger partial charge is 0.349 e. The van der Waals surface area contributed by atoms with Crippen LogP contribution in [0.5, 0.6) is 0 Å². The van der Waals surface area contributed by atoms with Crippen molar-refractivity contribution >= 4 is 23.2 Å². The van der Waals surface area contributed by atoms with Crippen molar-refractivity contribution in [1.29, 1.82) is 0 Å². The molecule has 2 aliphatic rings. The van der Waals surface area contributed by atoms with E-state index in [1.165, 1.54) is 18.5 Å². The zero-order valence-corrected chi connectivity index (χ0v) is 17.9. The number of aromatic amines is 1. The van der Waals surface area contributed by atoms with E-state index in [1.807, 2.05) is 12.1 Å². The summed E-state index contributed by atoms with van der Waals surface area (Å²) in [5, 5.41) is 13.2. The molecule has 1 saturated heterocycles. The Hall–Kier alpha value is -3.07. The molecule has 0 aromatic carbocycles. The Morgan fingerprint density at radius 2 is 1.94 bits per heavy atom. The summed E-state index contributed by atoms with van der Waals surface area (Å²) < 4.78 is 0. The highest BCUT2D eigenvalue weighted by atomic mass is 32.1. The first-order valence-corrected chi connectivity index (χ1v) is 11.5. The number of hydrogen-bond donors (Lipinski definition) is 2. The number of aromatic nitrogens is 4. The van der Waals surface area contributed by atoms with Gasteiger partial charge in [0.1, 0.15) is 5.01 Å². The first-order chi connectivity index (χ1) is 15.2. The lowest BCUT2D eigenvalue weighted by molar-refractivity contribution is -0.126. The van der Waals surface area contributed by atoms with E-state index in [9.17, 15) is 9.59 Å². The first-order valence-electron chi connectivity index (χ1n) is 10.6. The van der Waals surface area contributed by atoms with Gasteiger partial charge >= 0.3 is 0 Å². The van der Waals surface area contributed by atoms with E-state index in [0.29, 0.717) is 44.1 Å². The number of amides is 2. The molecule has 1 aliphatic heterocycles. The van der Waals surface area contributed by atoms with Crippen LogP contribution in [0.25, 0.3) is 11.3 Å². The number of carbonyl (C=O) groups excluding carboxylic acids is 2. The Kier molecular flexibility index (Phi) is 5.50. The smallest absolute Gasteiger partial charge is 0.274 e. The molecule has 2 amide bonds. The fourth-order valence-corrected chi connectivity index (χ4v) is 4.71. The molecule has 0 radical (unpaired) electrons. The van der Waals surface area contributed by atoms with E-state index in [2.05, 4.69) is 30.9 Å². The second-order valence-electron chi connectivity index (χ2n) is 8.13. The zero-order valence-electron chi connectivity index (χ0n) is 17.1. The van der Waals surface area contributed by atoms with E-state index in [-0.39, 0.29) is 17.7 Å². The van der Waals surface area contributed by atoms with Crippen LogP contribution in [0.15, 0.2) is 36.0 Å². The van der Waals surface area contributed by atoms with Crippen molar-refractivity contribution < 1.29 is 9.59 Å². The van der Waals surface area contributed by atoms with E-state index in [4.69, 9.17) is 0 Å². The number of nitrogens with zero attached hydrogens (tertiary/aromatic N) is 4. The zero-order chi connectivity index (χ0) is 21.2. The fourth-order valence-electron chi connectivity index (χ4n) is 3.90. The summed E-state index contributed by atoms with van der Waals surface area (Å²) in [6, 6.07) is 5.50. The van der Waals surface area contributed by atoms with Gasteiger partial charge in [-0.25, -0.2) is 4.98 Å². The van der Waals surface area contributed by atoms with Crippen molar-refractivity contribution in [2.24, 2.45) is 5.92 Å². The molecule has 0 bridgehead atoms. The third-order valence-corrected chi connectivity index (χ3v) is 6.79. The lowest BCUT2D eigenvalue weighted by atomic mass is 9.95. The highest BCUT2D eigenvalue weighted by molar-refractivity contribution is 7.09. The number of H-pyrrole nitrogens is 1. The third-order valence-electron chi connectivity index (χ3n) is 5.92.